The van der Waals surface area contributed by atoms with E-state index in [1.165, 1.54) is 0 Å². The molecular formula is C18H18Cl2N2O3. The van der Waals surface area contributed by atoms with Gasteiger partial charge in [0.05, 0.1) is 15.7 Å². The molecule has 0 unspecified atom stereocenters. The second kappa shape index (κ2) is 9.42. The number of hydrogen-bond donors (Lipinski definition) is 2. The number of carbonyl (C=O) groups is 2. The Hall–Kier alpha value is -2.08. The normalized spacial score (nSPS) is 10.4. The molecule has 0 heterocycles. The quantitative estimate of drug-likeness (QED) is 0.712. The summed E-state index contributed by atoms with van der Waals surface area (Å²) in [5, 5.41) is 6.17. The molecule has 0 aliphatic heterocycles. The zero-order valence-electron chi connectivity index (χ0n) is 13.6. The number of amides is 2. The molecule has 132 valence electrons. The van der Waals surface area contributed by atoms with Crippen LogP contribution in [0.3, 0.4) is 0 Å². The Morgan fingerprint density at radius 2 is 1.52 bits per heavy atom. The van der Waals surface area contributed by atoms with Crippen LogP contribution >= 0.6 is 23.2 Å². The fourth-order valence-electron chi connectivity index (χ4n) is 2.10. The third-order valence-electron chi connectivity index (χ3n) is 3.42. The van der Waals surface area contributed by atoms with Crippen molar-refractivity contribution < 1.29 is 14.3 Å². The summed E-state index contributed by atoms with van der Waals surface area (Å²) in [4.78, 5) is 24.3. The number of methoxy groups -OCH3 is 1. The molecule has 2 rings (SSSR count). The second-order valence-corrected chi connectivity index (χ2v) is 6.04. The largest absolute Gasteiger partial charge is 0.385 e. The molecule has 5 nitrogen and oxygen atoms in total. The van der Waals surface area contributed by atoms with Gasteiger partial charge >= 0.3 is 0 Å². The van der Waals surface area contributed by atoms with E-state index in [0.717, 1.165) is 6.42 Å². The standard InChI is InChI=1S/C18H18Cl2N2O3/c1-25-11-3-10-21-17(23)12-6-8-13(9-7-12)18(24)22-16-14(19)4-2-5-15(16)20/h2,4-9H,3,10-11H2,1H3,(H,21,23)(H,22,24). The van der Waals surface area contributed by atoms with Gasteiger partial charge in [-0.25, -0.2) is 0 Å². The number of para-hydroxylation sites is 1. The van der Waals surface area contributed by atoms with Crippen molar-refractivity contribution in [2.24, 2.45) is 0 Å². The van der Waals surface area contributed by atoms with Crippen molar-refractivity contribution in [3.63, 3.8) is 0 Å². The first-order valence-electron chi connectivity index (χ1n) is 7.65. The molecule has 0 aliphatic carbocycles. The Kier molecular flexibility index (Phi) is 7.25. The minimum absolute atomic E-state index is 0.197. The van der Waals surface area contributed by atoms with Gasteiger partial charge in [0, 0.05) is 31.4 Å². The van der Waals surface area contributed by atoms with Crippen LogP contribution in [0.15, 0.2) is 42.5 Å². The third-order valence-corrected chi connectivity index (χ3v) is 4.05. The lowest BCUT2D eigenvalue weighted by Crippen LogP contribution is -2.25. The highest BCUT2D eigenvalue weighted by Gasteiger charge is 2.12. The van der Waals surface area contributed by atoms with Crippen LogP contribution in [0.1, 0.15) is 27.1 Å². The van der Waals surface area contributed by atoms with Gasteiger partial charge in [-0.2, -0.15) is 0 Å². The Morgan fingerprint density at radius 1 is 0.960 bits per heavy atom. The van der Waals surface area contributed by atoms with Crippen LogP contribution in [-0.4, -0.2) is 32.1 Å². The minimum atomic E-state index is -0.359. The van der Waals surface area contributed by atoms with Gasteiger partial charge in [0.25, 0.3) is 11.8 Å². The van der Waals surface area contributed by atoms with E-state index in [-0.39, 0.29) is 11.8 Å². The first-order valence-corrected chi connectivity index (χ1v) is 8.41. The maximum atomic E-state index is 12.3. The van der Waals surface area contributed by atoms with Crippen molar-refractivity contribution in [3.05, 3.63) is 63.6 Å². The van der Waals surface area contributed by atoms with E-state index in [1.54, 1.807) is 49.6 Å². The van der Waals surface area contributed by atoms with Gasteiger partial charge in [0.2, 0.25) is 0 Å². The Bertz CT molecular complexity index is 728. The van der Waals surface area contributed by atoms with E-state index in [0.29, 0.717) is 40.0 Å². The van der Waals surface area contributed by atoms with E-state index in [4.69, 9.17) is 27.9 Å². The number of halogens is 2. The van der Waals surface area contributed by atoms with Crippen molar-refractivity contribution in [2.75, 3.05) is 25.6 Å². The lowest BCUT2D eigenvalue weighted by Gasteiger charge is -2.10. The molecule has 2 aromatic carbocycles. The molecule has 25 heavy (non-hydrogen) atoms. The van der Waals surface area contributed by atoms with Crippen molar-refractivity contribution in [1.82, 2.24) is 5.32 Å². The van der Waals surface area contributed by atoms with Crippen molar-refractivity contribution >= 4 is 40.7 Å². The van der Waals surface area contributed by atoms with E-state index in [9.17, 15) is 9.59 Å². The number of carbonyl (C=O) groups excluding carboxylic acids is 2. The van der Waals surface area contributed by atoms with Gasteiger partial charge in [-0.05, 0) is 42.8 Å². The van der Waals surface area contributed by atoms with Gasteiger partial charge in [0.1, 0.15) is 0 Å². The monoisotopic (exact) mass is 380 g/mol. The number of benzene rings is 2. The Labute approximate surface area is 156 Å². The molecule has 0 spiro atoms. The van der Waals surface area contributed by atoms with Crippen LogP contribution in [-0.2, 0) is 4.74 Å². The average Bonchev–Trinajstić information content (AvgIpc) is 2.62. The van der Waals surface area contributed by atoms with Gasteiger partial charge in [-0.15, -0.1) is 0 Å². The fraction of sp³-hybridized carbons (Fsp3) is 0.222. The topological polar surface area (TPSA) is 67.4 Å². The summed E-state index contributed by atoms with van der Waals surface area (Å²) in [5.74, 6) is -0.556. The average molecular weight is 381 g/mol. The highest BCUT2D eigenvalue weighted by atomic mass is 35.5. The van der Waals surface area contributed by atoms with Crippen LogP contribution in [0.5, 0.6) is 0 Å². The number of hydrogen-bond acceptors (Lipinski definition) is 3. The molecule has 0 saturated heterocycles. The van der Waals surface area contributed by atoms with Gasteiger partial charge in [0.15, 0.2) is 0 Å². The molecule has 0 aromatic heterocycles. The summed E-state index contributed by atoms with van der Waals surface area (Å²) in [7, 11) is 1.61. The molecule has 2 aromatic rings. The molecule has 0 bridgehead atoms. The number of nitrogens with one attached hydrogen (secondary N) is 2. The first kappa shape index (κ1) is 19.2. The molecule has 0 fully saturated rings. The number of rotatable bonds is 7. The Morgan fingerprint density at radius 3 is 2.08 bits per heavy atom. The molecular weight excluding hydrogens is 363 g/mol. The van der Waals surface area contributed by atoms with Crippen molar-refractivity contribution in [2.45, 2.75) is 6.42 Å². The maximum absolute atomic E-state index is 12.3. The molecule has 7 heteroatoms. The van der Waals surface area contributed by atoms with Crippen LogP contribution in [0, 0.1) is 0 Å². The third kappa shape index (κ3) is 5.46. The lowest BCUT2D eigenvalue weighted by atomic mass is 10.1. The van der Waals surface area contributed by atoms with E-state index < -0.39 is 0 Å². The molecule has 0 saturated carbocycles. The molecule has 0 radical (unpaired) electrons. The minimum Gasteiger partial charge on any atom is -0.385 e. The number of ether oxygens (including phenoxy) is 1. The van der Waals surface area contributed by atoms with Gasteiger partial charge < -0.3 is 15.4 Å². The zero-order chi connectivity index (χ0) is 18.2. The fourth-order valence-corrected chi connectivity index (χ4v) is 2.59. The molecule has 0 atom stereocenters. The highest BCUT2D eigenvalue weighted by molar-refractivity contribution is 6.40. The molecule has 2 amide bonds. The van der Waals surface area contributed by atoms with E-state index >= 15 is 0 Å². The summed E-state index contributed by atoms with van der Waals surface area (Å²) in [5.41, 5.74) is 1.23. The smallest absolute Gasteiger partial charge is 0.255 e. The van der Waals surface area contributed by atoms with Crippen LogP contribution in [0.4, 0.5) is 5.69 Å². The summed E-state index contributed by atoms with van der Waals surface area (Å²) in [6, 6.07) is 11.3. The second-order valence-electron chi connectivity index (χ2n) is 5.23. The van der Waals surface area contributed by atoms with Crippen molar-refractivity contribution in [3.8, 4) is 0 Å². The molecule has 2 N–H and O–H groups in total. The van der Waals surface area contributed by atoms with Crippen LogP contribution in [0.25, 0.3) is 0 Å². The van der Waals surface area contributed by atoms with Crippen LogP contribution < -0.4 is 10.6 Å². The van der Waals surface area contributed by atoms with E-state index in [1.807, 2.05) is 0 Å². The summed E-state index contributed by atoms with van der Waals surface area (Å²) in [6.07, 6.45) is 0.737. The van der Waals surface area contributed by atoms with Gasteiger partial charge in [-0.1, -0.05) is 29.3 Å². The zero-order valence-corrected chi connectivity index (χ0v) is 15.2. The Balaban J connectivity index is 1.99. The van der Waals surface area contributed by atoms with Crippen molar-refractivity contribution in [1.29, 1.82) is 0 Å². The first-order chi connectivity index (χ1) is 12.0. The SMILES string of the molecule is COCCCNC(=O)c1ccc(C(=O)Nc2c(Cl)cccc2Cl)cc1. The predicted molar refractivity (Wildman–Crippen MR) is 99.7 cm³/mol. The number of anilines is 1. The van der Waals surface area contributed by atoms with Gasteiger partial charge in [-0.3, -0.25) is 9.59 Å². The lowest BCUT2D eigenvalue weighted by molar-refractivity contribution is 0.0947. The molecule has 0 aliphatic rings. The van der Waals surface area contributed by atoms with E-state index in [2.05, 4.69) is 10.6 Å². The van der Waals surface area contributed by atoms with Crippen LogP contribution in [0.2, 0.25) is 10.0 Å². The summed E-state index contributed by atoms with van der Waals surface area (Å²) < 4.78 is 4.92. The summed E-state index contributed by atoms with van der Waals surface area (Å²) in [6.45, 7) is 1.11. The highest BCUT2D eigenvalue weighted by Crippen LogP contribution is 2.30. The summed E-state index contributed by atoms with van der Waals surface area (Å²) >= 11 is 12.1. The predicted octanol–water partition coefficient (Wildman–Crippen LogP) is 4.01. The maximum Gasteiger partial charge on any atom is 0.255 e.